The lowest BCUT2D eigenvalue weighted by atomic mass is 9.99. The van der Waals surface area contributed by atoms with E-state index in [1.165, 1.54) is 37.1 Å². The molecule has 8 nitrogen and oxygen atoms in total. The minimum absolute atomic E-state index is 0.0828. The number of sulfonamides is 1. The number of piperazine rings is 1. The van der Waals surface area contributed by atoms with Crippen LogP contribution in [0, 0.1) is 5.92 Å². The molecule has 0 unspecified atom stereocenters. The van der Waals surface area contributed by atoms with Gasteiger partial charge in [0.25, 0.3) is 5.91 Å². The van der Waals surface area contributed by atoms with Crippen LogP contribution in [0.5, 0.6) is 0 Å². The number of piperidine rings is 1. The molecule has 160 valence electrons. The molecule has 29 heavy (non-hydrogen) atoms. The number of nitrogens with zero attached hydrogens (tertiary/aromatic N) is 2. The molecule has 3 rings (SSSR count). The molecule has 0 bridgehead atoms. The summed E-state index contributed by atoms with van der Waals surface area (Å²) in [5.74, 6) is 0.152. The first-order chi connectivity index (χ1) is 13.8. The van der Waals surface area contributed by atoms with Crippen LogP contribution in [-0.4, -0.2) is 74.7 Å². The zero-order valence-electron chi connectivity index (χ0n) is 17.1. The predicted octanol–water partition coefficient (Wildman–Crippen LogP) is 0.657. The Bertz CT molecular complexity index is 841. The largest absolute Gasteiger partial charge is 0.354 e. The molecule has 0 aliphatic carbocycles. The number of amides is 2. The number of likely N-dealkylation sites (tertiary alicyclic amines) is 1. The molecule has 2 atom stereocenters. The van der Waals surface area contributed by atoms with Gasteiger partial charge in [-0.05, 0) is 56.5 Å². The Morgan fingerprint density at radius 1 is 1.28 bits per heavy atom. The lowest BCUT2D eigenvalue weighted by Crippen LogP contribution is -2.49. The maximum atomic E-state index is 12.7. The second kappa shape index (κ2) is 9.23. The van der Waals surface area contributed by atoms with E-state index in [0.29, 0.717) is 24.6 Å². The molecule has 0 spiro atoms. The summed E-state index contributed by atoms with van der Waals surface area (Å²) in [6.45, 7) is 7.38. The number of carbonyl (C=O) groups is 2. The molecule has 2 heterocycles. The molecule has 2 N–H and O–H groups in total. The summed E-state index contributed by atoms with van der Waals surface area (Å²) in [5, 5.41) is 5.55. The Morgan fingerprint density at radius 3 is 2.66 bits per heavy atom. The second-order valence-corrected chi connectivity index (χ2v) is 9.95. The first kappa shape index (κ1) is 21.7. The van der Waals surface area contributed by atoms with Crippen molar-refractivity contribution in [1.82, 2.24) is 19.8 Å². The lowest BCUT2D eigenvalue weighted by Gasteiger charge is -2.35. The van der Waals surface area contributed by atoms with E-state index in [4.69, 9.17) is 0 Å². The van der Waals surface area contributed by atoms with Crippen molar-refractivity contribution in [1.29, 1.82) is 0 Å². The quantitative estimate of drug-likeness (QED) is 0.702. The third kappa shape index (κ3) is 5.34. The highest BCUT2D eigenvalue weighted by Crippen LogP contribution is 2.18. The van der Waals surface area contributed by atoms with Gasteiger partial charge >= 0.3 is 0 Å². The van der Waals surface area contributed by atoms with Gasteiger partial charge in [0, 0.05) is 37.8 Å². The van der Waals surface area contributed by atoms with Crippen molar-refractivity contribution < 1.29 is 18.0 Å². The van der Waals surface area contributed by atoms with Gasteiger partial charge in [0.2, 0.25) is 15.9 Å². The first-order valence-corrected chi connectivity index (χ1v) is 11.6. The second-order valence-electron chi connectivity index (χ2n) is 8.01. The third-order valence-electron chi connectivity index (χ3n) is 5.63. The molecule has 9 heteroatoms. The molecule has 0 aromatic heterocycles. The summed E-state index contributed by atoms with van der Waals surface area (Å²) in [6.07, 6.45) is 2.45. The molecule has 1 aromatic carbocycles. The maximum absolute atomic E-state index is 12.7. The van der Waals surface area contributed by atoms with Crippen molar-refractivity contribution in [3.8, 4) is 0 Å². The van der Waals surface area contributed by atoms with Crippen molar-refractivity contribution in [3.63, 3.8) is 0 Å². The Morgan fingerprint density at radius 2 is 2.00 bits per heavy atom. The molecule has 2 aliphatic rings. The lowest BCUT2D eigenvalue weighted by molar-refractivity contribution is -0.122. The van der Waals surface area contributed by atoms with E-state index in [-0.39, 0.29) is 35.8 Å². The summed E-state index contributed by atoms with van der Waals surface area (Å²) in [4.78, 5) is 26.4. The van der Waals surface area contributed by atoms with Gasteiger partial charge < -0.3 is 10.6 Å². The van der Waals surface area contributed by atoms with E-state index < -0.39 is 10.0 Å². The van der Waals surface area contributed by atoms with Gasteiger partial charge in [-0.25, -0.2) is 8.42 Å². The molecule has 2 amide bonds. The molecule has 0 radical (unpaired) electrons. The minimum Gasteiger partial charge on any atom is -0.354 e. The Balaban J connectivity index is 1.57. The summed E-state index contributed by atoms with van der Waals surface area (Å²) in [6, 6.07) is 6.13. The number of benzene rings is 1. The highest BCUT2D eigenvalue weighted by Gasteiger charge is 2.29. The van der Waals surface area contributed by atoms with Crippen LogP contribution in [0.25, 0.3) is 0 Å². The van der Waals surface area contributed by atoms with Gasteiger partial charge in [-0.15, -0.1) is 0 Å². The highest BCUT2D eigenvalue weighted by atomic mass is 32.2. The van der Waals surface area contributed by atoms with Crippen LogP contribution >= 0.6 is 0 Å². The fraction of sp³-hybridized carbons (Fsp3) is 0.600. The monoisotopic (exact) mass is 422 g/mol. The zero-order chi connectivity index (χ0) is 21.0. The van der Waals surface area contributed by atoms with E-state index in [2.05, 4.69) is 29.4 Å². The molecule has 0 saturated carbocycles. The standard InChI is InChI=1S/C20H30N4O4S/c1-15-4-3-10-23(13-15)16(2)12-22-20(26)17-5-7-18(8-6-17)29(27,28)24-11-9-21-19(25)14-24/h5-8,15-16H,3-4,9-14H2,1-2H3,(H,21,25)(H,22,26)/t15-,16+/m1/s1. The van der Waals surface area contributed by atoms with E-state index in [0.717, 1.165) is 17.4 Å². The van der Waals surface area contributed by atoms with Crippen LogP contribution < -0.4 is 10.6 Å². The fourth-order valence-electron chi connectivity index (χ4n) is 3.85. The van der Waals surface area contributed by atoms with Crippen LogP contribution in [0.3, 0.4) is 0 Å². The highest BCUT2D eigenvalue weighted by molar-refractivity contribution is 7.89. The smallest absolute Gasteiger partial charge is 0.251 e. The number of nitrogens with one attached hydrogen (secondary N) is 2. The molecular weight excluding hydrogens is 392 g/mol. The van der Waals surface area contributed by atoms with Crippen LogP contribution in [0.2, 0.25) is 0 Å². The zero-order valence-corrected chi connectivity index (χ0v) is 17.9. The summed E-state index contributed by atoms with van der Waals surface area (Å²) in [7, 11) is -3.75. The van der Waals surface area contributed by atoms with E-state index in [1.54, 1.807) is 0 Å². The topological polar surface area (TPSA) is 98.8 Å². The normalized spacial score (nSPS) is 22.7. The van der Waals surface area contributed by atoms with Gasteiger partial charge in [-0.2, -0.15) is 4.31 Å². The number of rotatable bonds is 6. The molecular formula is C20H30N4O4S. The van der Waals surface area contributed by atoms with Crippen molar-refractivity contribution in [2.24, 2.45) is 5.92 Å². The summed E-state index contributed by atoms with van der Waals surface area (Å²) in [5.41, 5.74) is 0.416. The van der Waals surface area contributed by atoms with Gasteiger partial charge in [0.05, 0.1) is 11.4 Å². The molecule has 2 saturated heterocycles. The molecule has 1 aromatic rings. The fourth-order valence-corrected chi connectivity index (χ4v) is 5.24. The number of carbonyl (C=O) groups excluding carboxylic acids is 2. The van der Waals surface area contributed by atoms with E-state index in [9.17, 15) is 18.0 Å². The Labute approximate surface area is 172 Å². The van der Waals surface area contributed by atoms with Crippen LogP contribution in [-0.2, 0) is 14.8 Å². The number of hydrogen-bond donors (Lipinski definition) is 2. The summed E-state index contributed by atoms with van der Waals surface area (Å²) >= 11 is 0. The van der Waals surface area contributed by atoms with Crippen LogP contribution in [0.1, 0.15) is 37.0 Å². The predicted molar refractivity (Wildman–Crippen MR) is 110 cm³/mol. The van der Waals surface area contributed by atoms with Crippen molar-refractivity contribution in [2.45, 2.75) is 37.6 Å². The van der Waals surface area contributed by atoms with Gasteiger partial charge in [-0.3, -0.25) is 14.5 Å². The Kier molecular flexibility index (Phi) is 6.92. The number of hydrogen-bond acceptors (Lipinski definition) is 5. The van der Waals surface area contributed by atoms with Gasteiger partial charge in [-0.1, -0.05) is 6.92 Å². The first-order valence-electron chi connectivity index (χ1n) is 10.2. The van der Waals surface area contributed by atoms with Gasteiger partial charge in [0.1, 0.15) is 0 Å². The van der Waals surface area contributed by atoms with Crippen LogP contribution in [0.15, 0.2) is 29.2 Å². The Hall–Kier alpha value is -1.97. The van der Waals surface area contributed by atoms with Crippen molar-refractivity contribution in [2.75, 3.05) is 39.3 Å². The van der Waals surface area contributed by atoms with Crippen molar-refractivity contribution >= 4 is 21.8 Å². The minimum atomic E-state index is -3.75. The summed E-state index contributed by atoms with van der Waals surface area (Å²) < 4.78 is 26.5. The molecule has 2 aliphatic heterocycles. The third-order valence-corrected chi connectivity index (χ3v) is 7.49. The van der Waals surface area contributed by atoms with Gasteiger partial charge in [0.15, 0.2) is 0 Å². The maximum Gasteiger partial charge on any atom is 0.251 e. The van der Waals surface area contributed by atoms with E-state index in [1.807, 2.05) is 0 Å². The van der Waals surface area contributed by atoms with Crippen molar-refractivity contribution in [3.05, 3.63) is 29.8 Å². The average Bonchev–Trinajstić information content (AvgIpc) is 2.72. The van der Waals surface area contributed by atoms with E-state index >= 15 is 0 Å². The average molecular weight is 423 g/mol. The SMILES string of the molecule is C[C@@H]1CCCN([C@@H](C)CNC(=O)c2ccc(S(=O)(=O)N3CCNC(=O)C3)cc2)C1. The van der Waals surface area contributed by atoms with Crippen LogP contribution in [0.4, 0.5) is 0 Å². The molecule has 2 fully saturated rings.